The summed E-state index contributed by atoms with van der Waals surface area (Å²) < 4.78 is 18.1. The highest BCUT2D eigenvalue weighted by atomic mass is 19.1. The molecule has 0 saturated carbocycles. The van der Waals surface area contributed by atoms with Crippen LogP contribution in [-0.4, -0.2) is 11.7 Å². The number of rotatable bonds is 1. The van der Waals surface area contributed by atoms with Crippen LogP contribution in [0.4, 0.5) is 9.18 Å². The van der Waals surface area contributed by atoms with Crippen molar-refractivity contribution < 1.29 is 13.9 Å². The number of amides is 1. The van der Waals surface area contributed by atoms with Gasteiger partial charge in [-0.3, -0.25) is 5.32 Å². The molecule has 0 aromatic heterocycles. The molecule has 0 spiro atoms. The molecular formula is C11H15FNO2. The van der Waals surface area contributed by atoms with Gasteiger partial charge in [0, 0.05) is 0 Å². The number of alkyl carbamates (subject to hydrolysis) is 1. The lowest BCUT2D eigenvalue weighted by atomic mass is 10.1. The normalized spacial score (nSPS) is 16.5. The molecule has 1 radical (unpaired) electrons. The van der Waals surface area contributed by atoms with Crippen LogP contribution in [0.2, 0.25) is 0 Å². The molecule has 0 atom stereocenters. The Labute approximate surface area is 89.0 Å². The molecule has 4 heteroatoms. The maximum Gasteiger partial charge on any atom is 0.412 e. The van der Waals surface area contributed by atoms with Gasteiger partial charge in [-0.1, -0.05) is 6.08 Å². The van der Waals surface area contributed by atoms with Crippen molar-refractivity contribution in [2.24, 2.45) is 0 Å². The zero-order chi connectivity index (χ0) is 11.5. The summed E-state index contributed by atoms with van der Waals surface area (Å²) in [6.07, 6.45) is 4.57. The van der Waals surface area contributed by atoms with Gasteiger partial charge in [-0.05, 0) is 39.7 Å². The van der Waals surface area contributed by atoms with Gasteiger partial charge in [0.2, 0.25) is 0 Å². The van der Waals surface area contributed by atoms with Crippen LogP contribution in [0.25, 0.3) is 0 Å². The SMILES string of the molecule is CC(C)(C)OC(=O)NC1=CC[CH]C=C1F. The molecule has 3 nitrogen and oxygen atoms in total. The number of halogens is 1. The lowest BCUT2D eigenvalue weighted by Crippen LogP contribution is -2.32. The monoisotopic (exact) mass is 212 g/mol. The minimum atomic E-state index is -0.640. The summed E-state index contributed by atoms with van der Waals surface area (Å²) in [6, 6.07) is 0. The van der Waals surface area contributed by atoms with Crippen molar-refractivity contribution in [1.29, 1.82) is 0 Å². The van der Waals surface area contributed by atoms with Crippen molar-refractivity contribution in [3.05, 3.63) is 30.1 Å². The summed E-state index contributed by atoms with van der Waals surface area (Å²) in [5.74, 6) is -0.452. The molecule has 0 aromatic rings. The highest BCUT2D eigenvalue weighted by Gasteiger charge is 2.18. The van der Waals surface area contributed by atoms with Crippen molar-refractivity contribution in [2.45, 2.75) is 32.8 Å². The molecule has 1 rings (SSSR count). The van der Waals surface area contributed by atoms with Crippen LogP contribution in [0.15, 0.2) is 23.7 Å². The maximum atomic E-state index is 13.1. The summed E-state index contributed by atoms with van der Waals surface area (Å²) in [4.78, 5) is 11.3. The van der Waals surface area contributed by atoms with E-state index in [4.69, 9.17) is 4.74 Å². The fourth-order valence-corrected chi connectivity index (χ4v) is 1.07. The largest absolute Gasteiger partial charge is 0.444 e. The van der Waals surface area contributed by atoms with Crippen molar-refractivity contribution in [2.75, 3.05) is 0 Å². The van der Waals surface area contributed by atoms with E-state index in [1.807, 2.05) is 0 Å². The van der Waals surface area contributed by atoms with Crippen LogP contribution in [0.1, 0.15) is 27.2 Å². The Morgan fingerprint density at radius 2 is 2.20 bits per heavy atom. The summed E-state index contributed by atoms with van der Waals surface area (Å²) >= 11 is 0. The molecule has 1 aliphatic carbocycles. The Morgan fingerprint density at radius 1 is 1.53 bits per heavy atom. The predicted octanol–water partition coefficient (Wildman–Crippen LogP) is 2.86. The average Bonchev–Trinajstić information content (AvgIpc) is 2.05. The topological polar surface area (TPSA) is 38.3 Å². The first kappa shape index (κ1) is 11.8. The Hall–Kier alpha value is -1.32. The van der Waals surface area contributed by atoms with Crippen molar-refractivity contribution >= 4 is 6.09 Å². The molecular weight excluding hydrogens is 197 g/mol. The first-order chi connectivity index (χ1) is 6.88. The second-order valence-electron chi connectivity index (χ2n) is 4.23. The standard InChI is InChI=1S/C11H15FNO2/c1-11(2,3)15-10(14)13-9-7-5-4-6-8(9)12/h4,6-7H,5H2,1-3H3,(H,13,14). The number of carbonyl (C=O) groups excluding carboxylic acids is 1. The number of carbonyl (C=O) groups is 1. The van der Waals surface area contributed by atoms with Gasteiger partial charge in [0.25, 0.3) is 0 Å². The second kappa shape index (κ2) is 4.47. The van der Waals surface area contributed by atoms with E-state index in [0.717, 1.165) is 0 Å². The molecule has 1 N–H and O–H groups in total. The highest BCUT2D eigenvalue weighted by Crippen LogP contribution is 2.17. The van der Waals surface area contributed by atoms with Gasteiger partial charge in [-0.15, -0.1) is 0 Å². The molecule has 0 fully saturated rings. The zero-order valence-electron chi connectivity index (χ0n) is 9.13. The van der Waals surface area contributed by atoms with E-state index in [-0.39, 0.29) is 5.70 Å². The third kappa shape index (κ3) is 4.14. The molecule has 0 bridgehead atoms. The molecule has 0 heterocycles. The summed E-state index contributed by atoms with van der Waals surface area (Å²) in [7, 11) is 0. The van der Waals surface area contributed by atoms with E-state index in [1.165, 1.54) is 6.08 Å². The number of ether oxygens (including phenoxy) is 1. The van der Waals surface area contributed by atoms with Gasteiger partial charge in [0.15, 0.2) is 0 Å². The van der Waals surface area contributed by atoms with Crippen LogP contribution < -0.4 is 5.32 Å². The third-order valence-electron chi connectivity index (χ3n) is 1.62. The number of allylic oxidation sites excluding steroid dienone is 3. The van der Waals surface area contributed by atoms with E-state index in [9.17, 15) is 9.18 Å². The molecule has 15 heavy (non-hydrogen) atoms. The van der Waals surface area contributed by atoms with Crippen LogP contribution in [0.5, 0.6) is 0 Å². The van der Waals surface area contributed by atoms with E-state index in [1.54, 1.807) is 33.3 Å². The first-order valence-electron chi connectivity index (χ1n) is 4.78. The number of hydrogen-bond acceptors (Lipinski definition) is 2. The van der Waals surface area contributed by atoms with Crippen LogP contribution in [0, 0.1) is 6.42 Å². The van der Waals surface area contributed by atoms with Crippen molar-refractivity contribution in [3.8, 4) is 0 Å². The van der Waals surface area contributed by atoms with Gasteiger partial charge in [0.1, 0.15) is 11.4 Å². The van der Waals surface area contributed by atoms with Crippen LogP contribution in [0.3, 0.4) is 0 Å². The summed E-state index contributed by atoms with van der Waals surface area (Å²) in [6.45, 7) is 5.26. The Morgan fingerprint density at radius 3 is 2.73 bits per heavy atom. The smallest absolute Gasteiger partial charge is 0.412 e. The molecule has 83 valence electrons. The van der Waals surface area contributed by atoms with E-state index in [0.29, 0.717) is 6.42 Å². The molecule has 0 aliphatic heterocycles. The molecule has 0 aromatic carbocycles. The first-order valence-corrected chi connectivity index (χ1v) is 4.78. The second-order valence-corrected chi connectivity index (χ2v) is 4.23. The van der Waals surface area contributed by atoms with Gasteiger partial charge in [-0.2, -0.15) is 0 Å². The molecule has 1 amide bonds. The van der Waals surface area contributed by atoms with Crippen LogP contribution >= 0.6 is 0 Å². The fourth-order valence-electron chi connectivity index (χ4n) is 1.07. The fraction of sp³-hybridized carbons (Fsp3) is 0.455. The summed E-state index contributed by atoms with van der Waals surface area (Å²) in [5.41, 5.74) is -0.405. The maximum absolute atomic E-state index is 13.1. The Kier molecular flexibility index (Phi) is 3.50. The predicted molar refractivity (Wildman–Crippen MR) is 55.6 cm³/mol. The van der Waals surface area contributed by atoms with Gasteiger partial charge >= 0.3 is 6.09 Å². The van der Waals surface area contributed by atoms with Gasteiger partial charge < -0.3 is 4.74 Å². The lowest BCUT2D eigenvalue weighted by Gasteiger charge is -2.20. The van der Waals surface area contributed by atoms with E-state index >= 15 is 0 Å². The van der Waals surface area contributed by atoms with E-state index in [2.05, 4.69) is 5.32 Å². The number of hydrogen-bond donors (Lipinski definition) is 1. The minimum Gasteiger partial charge on any atom is -0.444 e. The van der Waals surface area contributed by atoms with E-state index < -0.39 is 17.5 Å². The average molecular weight is 212 g/mol. The third-order valence-corrected chi connectivity index (χ3v) is 1.62. The Bertz CT molecular complexity index is 313. The molecule has 1 aliphatic rings. The number of nitrogens with one attached hydrogen (secondary N) is 1. The molecule has 0 unspecified atom stereocenters. The Balaban J connectivity index is 2.52. The van der Waals surface area contributed by atoms with Crippen LogP contribution in [-0.2, 0) is 4.74 Å². The summed E-state index contributed by atoms with van der Waals surface area (Å²) in [5, 5.41) is 2.36. The zero-order valence-corrected chi connectivity index (χ0v) is 9.13. The quantitative estimate of drug-likeness (QED) is 0.725. The van der Waals surface area contributed by atoms with Crippen molar-refractivity contribution in [3.63, 3.8) is 0 Å². The molecule has 0 saturated heterocycles. The van der Waals surface area contributed by atoms with Gasteiger partial charge in [0.05, 0.1) is 5.70 Å². The minimum absolute atomic E-state index is 0.173. The highest BCUT2D eigenvalue weighted by molar-refractivity contribution is 5.71. The van der Waals surface area contributed by atoms with Crippen molar-refractivity contribution in [1.82, 2.24) is 5.32 Å². The van der Waals surface area contributed by atoms with Gasteiger partial charge in [-0.25, -0.2) is 9.18 Å². The lowest BCUT2D eigenvalue weighted by molar-refractivity contribution is 0.0545.